The lowest BCUT2D eigenvalue weighted by atomic mass is 10.2. The second-order valence-electron chi connectivity index (χ2n) is 5.76. The number of aliphatic imine (C=N–C) groups is 1. The maximum absolute atomic E-state index is 5.55. The molecule has 2 aromatic rings. The van der Waals surface area contributed by atoms with E-state index in [1.54, 1.807) is 19.4 Å². The van der Waals surface area contributed by atoms with Crippen LogP contribution in [-0.4, -0.2) is 47.9 Å². The van der Waals surface area contributed by atoms with Gasteiger partial charge in [0.25, 0.3) is 0 Å². The molecule has 0 bridgehead atoms. The van der Waals surface area contributed by atoms with Crippen LogP contribution in [0.25, 0.3) is 11.6 Å². The predicted molar refractivity (Wildman–Crippen MR) is 108 cm³/mol. The fourth-order valence-electron chi connectivity index (χ4n) is 1.98. The van der Waals surface area contributed by atoms with Gasteiger partial charge < -0.3 is 19.8 Å². The number of aromatic nitrogens is 3. The van der Waals surface area contributed by atoms with Crippen molar-refractivity contribution in [1.29, 1.82) is 0 Å². The topological polar surface area (TPSA) is 100 Å². The Morgan fingerprint density at radius 2 is 2.24 bits per heavy atom. The third-order valence-electron chi connectivity index (χ3n) is 3.13. The van der Waals surface area contributed by atoms with E-state index < -0.39 is 0 Å². The van der Waals surface area contributed by atoms with Gasteiger partial charge in [-0.15, -0.1) is 29.1 Å². The zero-order chi connectivity index (χ0) is 17.2. The molecule has 0 fully saturated rings. The van der Waals surface area contributed by atoms with Crippen molar-refractivity contribution in [3.63, 3.8) is 0 Å². The molecule has 0 aliphatic carbocycles. The molecule has 3 N–H and O–H groups in total. The minimum Gasteiger partial charge on any atom is -0.461 e. The normalized spacial score (nSPS) is 11.4. The molecule has 0 radical (unpaired) electrons. The first kappa shape index (κ1) is 21.4. The first-order chi connectivity index (χ1) is 11.7. The first-order valence-electron chi connectivity index (χ1n) is 8.16. The van der Waals surface area contributed by atoms with Gasteiger partial charge in [0.2, 0.25) is 5.82 Å². The number of ether oxygens (including phenoxy) is 1. The lowest BCUT2D eigenvalue weighted by molar-refractivity contribution is 0.108. The number of furan rings is 1. The molecule has 8 nitrogen and oxygen atoms in total. The molecule has 9 heteroatoms. The van der Waals surface area contributed by atoms with Crippen molar-refractivity contribution < 1.29 is 9.15 Å². The van der Waals surface area contributed by atoms with Crippen LogP contribution in [0.2, 0.25) is 0 Å². The molecule has 25 heavy (non-hydrogen) atoms. The summed E-state index contributed by atoms with van der Waals surface area (Å²) in [6.45, 7) is 7.13. The predicted octanol–water partition coefficient (Wildman–Crippen LogP) is 2.41. The molecule has 0 saturated carbocycles. The monoisotopic (exact) mass is 462 g/mol. The summed E-state index contributed by atoms with van der Waals surface area (Å²) in [5.41, 5.74) is 0. The molecule has 0 amide bonds. The molecular formula is C16H27IN6O2. The second-order valence-corrected chi connectivity index (χ2v) is 5.76. The lowest BCUT2D eigenvalue weighted by Gasteiger charge is -2.11. The largest absolute Gasteiger partial charge is 0.461 e. The molecule has 2 rings (SSSR count). The summed E-state index contributed by atoms with van der Waals surface area (Å²) < 4.78 is 10.8. The molecule has 2 aromatic heterocycles. The van der Waals surface area contributed by atoms with Crippen LogP contribution in [-0.2, 0) is 11.3 Å². The molecule has 0 unspecified atom stereocenters. The van der Waals surface area contributed by atoms with Gasteiger partial charge in [-0.3, -0.25) is 10.1 Å². The summed E-state index contributed by atoms with van der Waals surface area (Å²) in [5.74, 6) is 3.18. The Balaban J connectivity index is 0.00000312. The lowest BCUT2D eigenvalue weighted by Crippen LogP contribution is -2.37. The Morgan fingerprint density at radius 3 is 2.92 bits per heavy atom. The van der Waals surface area contributed by atoms with Crippen LogP contribution in [0.1, 0.15) is 26.1 Å². The molecule has 0 aliphatic rings. The average molecular weight is 462 g/mol. The fraction of sp³-hybridized carbons (Fsp3) is 0.562. The van der Waals surface area contributed by atoms with E-state index in [1.165, 1.54) is 0 Å². The zero-order valence-corrected chi connectivity index (χ0v) is 17.2. The van der Waals surface area contributed by atoms with Gasteiger partial charge in [-0.25, -0.2) is 4.98 Å². The maximum Gasteiger partial charge on any atom is 0.216 e. The van der Waals surface area contributed by atoms with Crippen LogP contribution in [0.3, 0.4) is 0 Å². The molecule has 140 valence electrons. The van der Waals surface area contributed by atoms with E-state index in [9.17, 15) is 0 Å². The highest BCUT2D eigenvalue weighted by Crippen LogP contribution is 2.14. The van der Waals surface area contributed by atoms with Gasteiger partial charge >= 0.3 is 0 Å². The summed E-state index contributed by atoms with van der Waals surface area (Å²) in [7, 11) is 1.74. The van der Waals surface area contributed by atoms with Crippen LogP contribution >= 0.6 is 24.0 Å². The van der Waals surface area contributed by atoms with E-state index in [1.807, 2.05) is 6.07 Å². The highest BCUT2D eigenvalue weighted by atomic mass is 127. The van der Waals surface area contributed by atoms with Gasteiger partial charge in [0.15, 0.2) is 11.7 Å². The summed E-state index contributed by atoms with van der Waals surface area (Å²) in [4.78, 5) is 8.55. The number of rotatable bonds is 9. The number of guanidine groups is 1. The van der Waals surface area contributed by atoms with Crippen LogP contribution < -0.4 is 10.6 Å². The van der Waals surface area contributed by atoms with E-state index in [-0.39, 0.29) is 24.0 Å². The van der Waals surface area contributed by atoms with Gasteiger partial charge in [-0.2, -0.15) is 0 Å². The van der Waals surface area contributed by atoms with E-state index in [4.69, 9.17) is 9.15 Å². The van der Waals surface area contributed by atoms with E-state index in [0.717, 1.165) is 32.1 Å². The molecule has 0 aromatic carbocycles. The number of hydrogen-bond donors (Lipinski definition) is 3. The number of H-pyrrole nitrogens is 1. The molecular weight excluding hydrogens is 435 g/mol. The van der Waals surface area contributed by atoms with Crippen LogP contribution in [0.15, 0.2) is 27.8 Å². The highest BCUT2D eigenvalue weighted by molar-refractivity contribution is 14.0. The van der Waals surface area contributed by atoms with Gasteiger partial charge in [0, 0.05) is 26.8 Å². The minimum atomic E-state index is 0. The van der Waals surface area contributed by atoms with Gasteiger partial charge in [0.1, 0.15) is 5.82 Å². The first-order valence-corrected chi connectivity index (χ1v) is 8.16. The van der Waals surface area contributed by atoms with Crippen LogP contribution in [0, 0.1) is 5.92 Å². The van der Waals surface area contributed by atoms with Crippen molar-refractivity contribution in [2.45, 2.75) is 26.8 Å². The molecule has 0 spiro atoms. The van der Waals surface area contributed by atoms with Crippen LogP contribution in [0.4, 0.5) is 0 Å². The van der Waals surface area contributed by atoms with E-state index in [2.05, 4.69) is 44.7 Å². The third kappa shape index (κ3) is 7.86. The highest BCUT2D eigenvalue weighted by Gasteiger charge is 2.08. The van der Waals surface area contributed by atoms with Crippen molar-refractivity contribution in [3.05, 3.63) is 24.2 Å². The molecule has 0 atom stereocenters. The number of nitrogens with zero attached hydrogens (tertiary/aromatic N) is 3. The Morgan fingerprint density at radius 1 is 1.40 bits per heavy atom. The second kappa shape index (κ2) is 11.9. The summed E-state index contributed by atoms with van der Waals surface area (Å²) in [6, 6.07) is 3.63. The Hall–Kier alpha value is -1.62. The quantitative estimate of drug-likeness (QED) is 0.229. The van der Waals surface area contributed by atoms with Gasteiger partial charge in [-0.05, 0) is 24.5 Å². The summed E-state index contributed by atoms with van der Waals surface area (Å²) in [6.07, 6.45) is 2.53. The summed E-state index contributed by atoms with van der Waals surface area (Å²) in [5, 5.41) is 13.4. The van der Waals surface area contributed by atoms with Gasteiger partial charge in [-0.1, -0.05) is 13.8 Å². The average Bonchev–Trinajstić information content (AvgIpc) is 3.24. The van der Waals surface area contributed by atoms with Crippen LogP contribution in [0.5, 0.6) is 0 Å². The maximum atomic E-state index is 5.55. The number of halogens is 1. The Bertz CT molecular complexity index is 612. The standard InChI is InChI=1S/C16H26N6O2.HI/c1-12(2)11-23-8-5-7-18-16(17-3)19-10-14-20-15(22-21-14)13-6-4-9-24-13;/h4,6,9,12H,5,7-8,10-11H2,1-3H3,(H2,17,18,19)(H,20,21,22);1H. The van der Waals surface area contributed by atoms with Crippen molar-refractivity contribution >= 4 is 29.9 Å². The number of hydrogen-bond acceptors (Lipinski definition) is 5. The zero-order valence-electron chi connectivity index (χ0n) is 14.9. The Kier molecular flexibility index (Phi) is 10.2. The smallest absolute Gasteiger partial charge is 0.216 e. The minimum absolute atomic E-state index is 0. The van der Waals surface area contributed by atoms with Gasteiger partial charge in [0.05, 0.1) is 12.8 Å². The molecule has 0 aliphatic heterocycles. The van der Waals surface area contributed by atoms with E-state index in [0.29, 0.717) is 29.9 Å². The fourth-order valence-corrected chi connectivity index (χ4v) is 1.98. The van der Waals surface area contributed by atoms with Crippen molar-refractivity contribution in [3.8, 4) is 11.6 Å². The van der Waals surface area contributed by atoms with Crippen molar-refractivity contribution in [1.82, 2.24) is 25.8 Å². The molecule has 2 heterocycles. The SMILES string of the molecule is CN=C(NCCCOCC(C)C)NCc1nc(-c2ccco2)n[nH]1.I. The summed E-state index contributed by atoms with van der Waals surface area (Å²) >= 11 is 0. The molecule has 0 saturated heterocycles. The Labute approximate surface area is 165 Å². The number of aromatic amines is 1. The van der Waals surface area contributed by atoms with Crippen molar-refractivity contribution in [2.24, 2.45) is 10.9 Å². The number of nitrogens with one attached hydrogen (secondary N) is 3. The van der Waals surface area contributed by atoms with Crippen molar-refractivity contribution in [2.75, 3.05) is 26.8 Å². The van der Waals surface area contributed by atoms with E-state index >= 15 is 0 Å². The third-order valence-corrected chi connectivity index (χ3v) is 3.13.